The van der Waals surface area contributed by atoms with E-state index in [-0.39, 0.29) is 46.2 Å². The zero-order chi connectivity index (χ0) is 23.4. The maximum absolute atomic E-state index is 14.3. The van der Waals surface area contributed by atoms with Gasteiger partial charge in [-0.1, -0.05) is 13.8 Å². The third-order valence-corrected chi connectivity index (χ3v) is 7.80. The monoisotopic (exact) mass is 455 g/mol. The molecule has 1 spiro atoms. The largest absolute Gasteiger partial charge is 0.481 e. The van der Waals surface area contributed by atoms with E-state index in [1.54, 1.807) is 6.07 Å². The second-order valence-corrected chi connectivity index (χ2v) is 10.3. The highest BCUT2D eigenvalue weighted by Crippen LogP contribution is 2.51. The lowest BCUT2D eigenvalue weighted by Gasteiger charge is -2.46. The second kappa shape index (κ2) is 7.81. The van der Waals surface area contributed by atoms with Gasteiger partial charge < -0.3 is 15.0 Å². The molecule has 0 radical (unpaired) electrons. The summed E-state index contributed by atoms with van der Waals surface area (Å²) < 4.78 is 19.3. The Morgan fingerprint density at radius 1 is 1.24 bits per heavy atom. The van der Waals surface area contributed by atoms with Gasteiger partial charge in [-0.25, -0.2) is 9.37 Å². The van der Waals surface area contributed by atoms with E-state index in [2.05, 4.69) is 34.3 Å². The highest BCUT2D eigenvalue weighted by Gasteiger charge is 2.55. The third-order valence-electron chi connectivity index (χ3n) is 7.80. The van der Waals surface area contributed by atoms with E-state index in [4.69, 9.17) is 4.74 Å². The van der Waals surface area contributed by atoms with Crippen LogP contribution in [0.4, 0.5) is 4.39 Å². The van der Waals surface area contributed by atoms with Crippen molar-refractivity contribution in [2.45, 2.75) is 64.0 Å². The van der Waals surface area contributed by atoms with Gasteiger partial charge >= 0.3 is 0 Å². The predicted octanol–water partition coefficient (Wildman–Crippen LogP) is 3.31. The van der Waals surface area contributed by atoms with E-state index in [1.807, 2.05) is 4.90 Å². The van der Waals surface area contributed by atoms with Crippen LogP contribution in [-0.4, -0.2) is 57.1 Å². The molecule has 8 nitrogen and oxygen atoms in total. The average molecular weight is 456 g/mol. The molecule has 2 saturated carbocycles. The van der Waals surface area contributed by atoms with E-state index in [0.717, 1.165) is 31.9 Å². The lowest BCUT2D eigenvalue weighted by Crippen LogP contribution is -2.56. The second-order valence-electron chi connectivity index (χ2n) is 10.3. The van der Waals surface area contributed by atoms with Crippen LogP contribution in [0.1, 0.15) is 62.9 Å². The number of rotatable bonds is 5. The number of hydrogen-bond donors (Lipinski definition) is 2. The lowest BCUT2D eigenvalue weighted by molar-refractivity contribution is -0.130. The molecule has 2 aromatic heterocycles. The van der Waals surface area contributed by atoms with Gasteiger partial charge in [0.25, 0.3) is 5.91 Å². The summed E-state index contributed by atoms with van der Waals surface area (Å²) in [6.45, 7) is 4.91. The Bertz CT molecular complexity index is 1090. The van der Waals surface area contributed by atoms with Crippen molar-refractivity contribution in [2.75, 3.05) is 13.7 Å². The van der Waals surface area contributed by atoms with Gasteiger partial charge in [0.2, 0.25) is 11.8 Å². The molecule has 1 aliphatic heterocycles. The number of pyridine rings is 1. The number of aromatic amines is 1. The summed E-state index contributed by atoms with van der Waals surface area (Å²) in [5.74, 6) is -0.376. The highest BCUT2D eigenvalue weighted by atomic mass is 19.1. The van der Waals surface area contributed by atoms with Crippen LogP contribution in [0.25, 0.3) is 11.3 Å². The van der Waals surface area contributed by atoms with Gasteiger partial charge in [-0.05, 0) is 50.0 Å². The van der Waals surface area contributed by atoms with Crippen LogP contribution in [0.3, 0.4) is 0 Å². The van der Waals surface area contributed by atoms with Crippen LogP contribution in [-0.2, 0) is 4.79 Å². The number of ether oxygens (including phenoxy) is 1. The van der Waals surface area contributed by atoms with Gasteiger partial charge in [0.1, 0.15) is 5.69 Å². The Morgan fingerprint density at radius 3 is 2.67 bits per heavy atom. The highest BCUT2D eigenvalue weighted by molar-refractivity contribution is 5.94. The van der Waals surface area contributed by atoms with Gasteiger partial charge in [0.05, 0.1) is 19.0 Å². The van der Waals surface area contributed by atoms with E-state index < -0.39 is 5.82 Å². The zero-order valence-electron chi connectivity index (χ0n) is 19.3. The number of carbonyl (C=O) groups is 2. The molecule has 0 unspecified atom stereocenters. The van der Waals surface area contributed by atoms with Gasteiger partial charge in [0, 0.05) is 35.7 Å². The topological polar surface area (TPSA) is 100 Å². The summed E-state index contributed by atoms with van der Waals surface area (Å²) in [5, 5.41) is 10.2. The number of aromatic nitrogens is 3. The average Bonchev–Trinajstić information content (AvgIpc) is 3.38. The predicted molar refractivity (Wildman–Crippen MR) is 119 cm³/mol. The summed E-state index contributed by atoms with van der Waals surface area (Å²) in [6, 6.07) is 3.26. The van der Waals surface area contributed by atoms with Crippen molar-refractivity contribution in [3.8, 4) is 17.1 Å². The van der Waals surface area contributed by atoms with Crippen molar-refractivity contribution in [2.24, 2.45) is 11.3 Å². The summed E-state index contributed by atoms with van der Waals surface area (Å²) in [7, 11) is 1.45. The first-order valence-corrected chi connectivity index (χ1v) is 11.6. The molecule has 3 fully saturated rings. The SMILES string of the molecule is COc1cc(-c2cc(C(=O)N3CC[C@H](C(=O)N[C@H]4CCC4(C)C)CC34CC4)[nH]n2)c(F)cn1. The summed E-state index contributed by atoms with van der Waals surface area (Å²) in [4.78, 5) is 32.0. The van der Waals surface area contributed by atoms with E-state index in [1.165, 1.54) is 13.2 Å². The normalized spacial score (nSPS) is 24.8. The van der Waals surface area contributed by atoms with Crippen molar-refractivity contribution in [3.63, 3.8) is 0 Å². The first-order valence-electron chi connectivity index (χ1n) is 11.6. The Morgan fingerprint density at radius 2 is 2.03 bits per heavy atom. The van der Waals surface area contributed by atoms with Gasteiger partial charge in [-0.2, -0.15) is 5.10 Å². The molecule has 2 amide bonds. The minimum atomic E-state index is -0.540. The van der Waals surface area contributed by atoms with Crippen molar-refractivity contribution < 1.29 is 18.7 Å². The third kappa shape index (κ3) is 3.87. The maximum atomic E-state index is 14.3. The first kappa shape index (κ1) is 21.9. The Labute approximate surface area is 192 Å². The van der Waals surface area contributed by atoms with Gasteiger partial charge in [0.15, 0.2) is 5.82 Å². The molecule has 3 aliphatic rings. The summed E-state index contributed by atoms with van der Waals surface area (Å²) >= 11 is 0. The Kier molecular flexibility index (Phi) is 5.17. The molecule has 0 aromatic carbocycles. The molecular formula is C24H30FN5O3. The van der Waals surface area contributed by atoms with Crippen molar-refractivity contribution >= 4 is 11.8 Å². The smallest absolute Gasteiger partial charge is 0.272 e. The molecular weight excluding hydrogens is 425 g/mol. The number of H-pyrrole nitrogens is 1. The molecule has 5 rings (SSSR count). The summed E-state index contributed by atoms with van der Waals surface area (Å²) in [6.07, 6.45) is 6.37. The van der Waals surface area contributed by atoms with Crippen LogP contribution < -0.4 is 10.1 Å². The standard InChI is InChI=1S/C24H30FN5O3/c1-23(2)6-4-19(23)27-21(31)14-5-9-30(24(12-14)7-8-24)22(32)18-11-17(28-29-18)15-10-20(33-3)26-13-16(15)25/h10-11,13-14,19H,4-9,12H2,1-3H3,(H,27,31)(H,28,29)/t14-,19-/m0/s1. The number of piperidine rings is 1. The number of carbonyl (C=O) groups excluding carboxylic acids is 2. The van der Waals surface area contributed by atoms with E-state index in [9.17, 15) is 14.0 Å². The van der Waals surface area contributed by atoms with Crippen LogP contribution >= 0.6 is 0 Å². The minimum absolute atomic E-state index is 0.0661. The van der Waals surface area contributed by atoms with Gasteiger partial charge in [-0.3, -0.25) is 14.7 Å². The number of likely N-dealkylation sites (tertiary alicyclic amines) is 1. The molecule has 2 atom stereocenters. The number of amides is 2. The molecule has 0 bridgehead atoms. The van der Waals surface area contributed by atoms with Crippen molar-refractivity contribution in [1.29, 1.82) is 0 Å². The number of hydrogen-bond acceptors (Lipinski definition) is 5. The lowest BCUT2D eigenvalue weighted by atomic mass is 9.67. The molecule has 2 aromatic rings. The van der Waals surface area contributed by atoms with Crippen LogP contribution in [0.2, 0.25) is 0 Å². The minimum Gasteiger partial charge on any atom is -0.481 e. The molecule has 33 heavy (non-hydrogen) atoms. The quantitative estimate of drug-likeness (QED) is 0.721. The van der Waals surface area contributed by atoms with E-state index >= 15 is 0 Å². The van der Waals surface area contributed by atoms with Crippen LogP contribution in [0, 0.1) is 17.2 Å². The number of nitrogens with zero attached hydrogens (tertiary/aromatic N) is 3. The fourth-order valence-electron chi connectivity index (χ4n) is 5.22. The Hall–Kier alpha value is -2.97. The summed E-state index contributed by atoms with van der Waals surface area (Å²) in [5.41, 5.74) is 0.750. The molecule has 1 saturated heterocycles. The number of methoxy groups -OCH3 is 1. The zero-order valence-corrected chi connectivity index (χ0v) is 19.3. The molecule has 2 N–H and O–H groups in total. The molecule has 9 heteroatoms. The fourth-order valence-corrected chi connectivity index (χ4v) is 5.22. The maximum Gasteiger partial charge on any atom is 0.272 e. The molecule has 2 aliphatic carbocycles. The number of halogens is 1. The van der Waals surface area contributed by atoms with E-state index in [0.29, 0.717) is 30.8 Å². The van der Waals surface area contributed by atoms with Crippen LogP contribution in [0.5, 0.6) is 5.88 Å². The Balaban J connectivity index is 1.28. The van der Waals surface area contributed by atoms with Crippen LogP contribution in [0.15, 0.2) is 18.3 Å². The van der Waals surface area contributed by atoms with Crippen molar-refractivity contribution in [3.05, 3.63) is 29.8 Å². The molecule has 3 heterocycles. The van der Waals surface area contributed by atoms with Gasteiger partial charge in [-0.15, -0.1) is 0 Å². The molecule has 176 valence electrons. The van der Waals surface area contributed by atoms with Crippen molar-refractivity contribution in [1.82, 2.24) is 25.4 Å². The fraction of sp³-hybridized carbons (Fsp3) is 0.583. The number of nitrogens with one attached hydrogen (secondary N) is 2. The first-order chi connectivity index (χ1) is 15.7.